The van der Waals surface area contributed by atoms with Crippen LogP contribution in [0.25, 0.3) is 0 Å². The lowest BCUT2D eigenvalue weighted by atomic mass is 9.98. The van der Waals surface area contributed by atoms with Crippen LogP contribution in [0.3, 0.4) is 0 Å². The molecule has 1 aliphatic rings. The van der Waals surface area contributed by atoms with Gasteiger partial charge in [0.2, 0.25) is 15.9 Å². The van der Waals surface area contributed by atoms with Crippen molar-refractivity contribution in [2.45, 2.75) is 37.6 Å². The Hall–Kier alpha value is -2.58. The molecule has 0 unspecified atom stereocenters. The monoisotopic (exact) mass is 446 g/mol. The highest BCUT2D eigenvalue weighted by Crippen LogP contribution is 2.31. The van der Waals surface area contributed by atoms with Gasteiger partial charge in [0, 0.05) is 13.1 Å². The van der Waals surface area contributed by atoms with E-state index in [1.807, 2.05) is 44.2 Å². The van der Waals surface area contributed by atoms with Crippen molar-refractivity contribution >= 4 is 15.9 Å². The number of carbonyl (C=O) groups is 1. The van der Waals surface area contributed by atoms with Gasteiger partial charge in [-0.05, 0) is 62.1 Å². The average Bonchev–Trinajstić information content (AvgIpc) is 2.79. The second-order valence-electron chi connectivity index (χ2n) is 7.86. The molecule has 1 fully saturated rings. The predicted molar refractivity (Wildman–Crippen MR) is 119 cm³/mol. The Labute approximate surface area is 184 Å². The zero-order valence-electron chi connectivity index (χ0n) is 18.4. The fraction of sp³-hybridized carbons (Fsp3) is 0.435. The van der Waals surface area contributed by atoms with Crippen LogP contribution in [0.5, 0.6) is 11.5 Å². The van der Waals surface area contributed by atoms with Crippen LogP contribution < -0.4 is 14.8 Å². The van der Waals surface area contributed by atoms with E-state index in [1.165, 1.54) is 11.4 Å². The Morgan fingerprint density at radius 2 is 1.84 bits per heavy atom. The number of nitrogens with one attached hydrogen (secondary N) is 1. The van der Waals surface area contributed by atoms with Crippen molar-refractivity contribution in [1.29, 1.82) is 0 Å². The Kier molecular flexibility index (Phi) is 7.23. The Morgan fingerprint density at radius 3 is 2.48 bits per heavy atom. The molecule has 3 rings (SSSR count). The first kappa shape index (κ1) is 23.1. The summed E-state index contributed by atoms with van der Waals surface area (Å²) in [5.74, 6) is 0.520. The van der Waals surface area contributed by atoms with Gasteiger partial charge in [0.05, 0.1) is 26.2 Å². The van der Waals surface area contributed by atoms with Crippen LogP contribution in [0.2, 0.25) is 0 Å². The lowest BCUT2D eigenvalue weighted by Gasteiger charge is -2.32. The number of amides is 1. The number of sulfonamides is 1. The quantitative estimate of drug-likeness (QED) is 0.706. The van der Waals surface area contributed by atoms with E-state index in [4.69, 9.17) is 9.47 Å². The number of hydrogen-bond donors (Lipinski definition) is 1. The van der Waals surface area contributed by atoms with Gasteiger partial charge in [-0.15, -0.1) is 0 Å². The Balaban J connectivity index is 1.72. The van der Waals surface area contributed by atoms with E-state index >= 15 is 0 Å². The van der Waals surface area contributed by atoms with Crippen molar-refractivity contribution in [1.82, 2.24) is 9.62 Å². The first-order chi connectivity index (χ1) is 14.8. The molecule has 2 aromatic carbocycles. The van der Waals surface area contributed by atoms with Gasteiger partial charge in [-0.25, -0.2) is 8.42 Å². The summed E-state index contributed by atoms with van der Waals surface area (Å²) < 4.78 is 38.4. The van der Waals surface area contributed by atoms with Crippen LogP contribution in [0.1, 0.15) is 36.9 Å². The molecule has 31 heavy (non-hydrogen) atoms. The van der Waals surface area contributed by atoms with Gasteiger partial charge in [-0.2, -0.15) is 4.31 Å². The Morgan fingerprint density at radius 1 is 1.13 bits per heavy atom. The normalized spacial score (nSPS) is 18.3. The molecule has 1 saturated heterocycles. The largest absolute Gasteiger partial charge is 0.497 e. The molecule has 8 heteroatoms. The lowest BCUT2D eigenvalue weighted by molar-refractivity contribution is -0.126. The maximum Gasteiger partial charge on any atom is 0.246 e. The zero-order chi connectivity index (χ0) is 22.6. The number of nitrogens with zero attached hydrogens (tertiary/aromatic N) is 1. The predicted octanol–water partition coefficient (Wildman–Crippen LogP) is 3.29. The minimum Gasteiger partial charge on any atom is -0.497 e. The fourth-order valence-electron chi connectivity index (χ4n) is 3.81. The lowest BCUT2D eigenvalue weighted by Crippen LogP contribution is -2.45. The highest BCUT2D eigenvalue weighted by atomic mass is 32.2. The third-order valence-electron chi connectivity index (χ3n) is 5.67. The molecule has 1 aliphatic heterocycles. The van der Waals surface area contributed by atoms with Crippen molar-refractivity contribution in [3.8, 4) is 11.5 Å². The van der Waals surface area contributed by atoms with Crippen LogP contribution in [0.15, 0.2) is 47.4 Å². The summed E-state index contributed by atoms with van der Waals surface area (Å²) >= 11 is 0. The topological polar surface area (TPSA) is 84.9 Å². The summed E-state index contributed by atoms with van der Waals surface area (Å²) in [4.78, 5) is 13.1. The molecule has 2 aromatic rings. The smallest absolute Gasteiger partial charge is 0.246 e. The summed E-state index contributed by atoms with van der Waals surface area (Å²) in [6.07, 6.45) is 1.28. The fourth-order valence-corrected chi connectivity index (χ4v) is 5.57. The molecule has 0 aromatic heterocycles. The summed E-state index contributed by atoms with van der Waals surface area (Å²) in [6.45, 7) is 4.29. The van der Waals surface area contributed by atoms with Gasteiger partial charge in [0.1, 0.15) is 16.4 Å². The van der Waals surface area contributed by atoms with E-state index in [0.717, 1.165) is 16.9 Å². The van der Waals surface area contributed by atoms with Crippen LogP contribution in [-0.2, 0) is 14.8 Å². The second-order valence-corrected chi connectivity index (χ2v) is 9.77. The number of piperidine rings is 1. The number of ether oxygens (including phenoxy) is 2. The minimum atomic E-state index is -3.77. The van der Waals surface area contributed by atoms with E-state index < -0.39 is 15.9 Å². The second kappa shape index (κ2) is 9.70. The summed E-state index contributed by atoms with van der Waals surface area (Å²) in [5.41, 5.74) is 1.79. The van der Waals surface area contributed by atoms with Crippen molar-refractivity contribution in [3.63, 3.8) is 0 Å². The zero-order valence-corrected chi connectivity index (χ0v) is 19.2. The van der Waals surface area contributed by atoms with E-state index in [1.54, 1.807) is 19.2 Å². The van der Waals surface area contributed by atoms with Crippen molar-refractivity contribution < 1.29 is 22.7 Å². The SMILES string of the molecule is COc1ccc([C@@H](C)NC(=O)[C@@H]2CCCN(S(=O)(=O)c3cc(C)ccc3OC)C2)cc1. The van der Waals surface area contributed by atoms with Gasteiger partial charge in [-0.3, -0.25) is 4.79 Å². The van der Waals surface area contributed by atoms with E-state index in [-0.39, 0.29) is 23.4 Å². The third kappa shape index (κ3) is 5.19. The molecule has 168 valence electrons. The van der Waals surface area contributed by atoms with Crippen LogP contribution in [0.4, 0.5) is 0 Å². The van der Waals surface area contributed by atoms with E-state index in [0.29, 0.717) is 25.1 Å². The van der Waals surface area contributed by atoms with Crippen LogP contribution in [0, 0.1) is 12.8 Å². The molecular weight excluding hydrogens is 416 g/mol. The molecule has 0 saturated carbocycles. The first-order valence-corrected chi connectivity index (χ1v) is 11.8. The Bertz CT molecular complexity index is 1020. The molecule has 0 bridgehead atoms. The maximum absolute atomic E-state index is 13.3. The molecule has 0 radical (unpaired) electrons. The standard InChI is InChI=1S/C23H30N2O5S/c1-16-7-12-21(30-4)22(14-16)31(27,28)25-13-5-6-19(15-25)23(26)24-17(2)18-8-10-20(29-3)11-9-18/h7-12,14,17,19H,5-6,13,15H2,1-4H3,(H,24,26)/t17-,19-/m1/s1. The van der Waals surface area contributed by atoms with Gasteiger partial charge in [-0.1, -0.05) is 18.2 Å². The number of hydrogen-bond acceptors (Lipinski definition) is 5. The van der Waals surface area contributed by atoms with Crippen LogP contribution >= 0.6 is 0 Å². The number of rotatable bonds is 7. The number of aryl methyl sites for hydroxylation is 1. The van der Waals surface area contributed by atoms with Gasteiger partial charge in [0.25, 0.3) is 0 Å². The number of carbonyl (C=O) groups excluding carboxylic acids is 1. The summed E-state index contributed by atoms with van der Waals surface area (Å²) in [5, 5.41) is 3.02. The molecule has 1 N–H and O–H groups in total. The van der Waals surface area contributed by atoms with Gasteiger partial charge >= 0.3 is 0 Å². The molecule has 0 aliphatic carbocycles. The van der Waals surface area contributed by atoms with E-state index in [9.17, 15) is 13.2 Å². The number of methoxy groups -OCH3 is 2. The number of benzene rings is 2. The van der Waals surface area contributed by atoms with E-state index in [2.05, 4.69) is 5.32 Å². The molecule has 0 spiro atoms. The summed E-state index contributed by atoms with van der Waals surface area (Å²) in [7, 11) is -0.706. The van der Waals surface area contributed by atoms with Crippen molar-refractivity contribution in [2.75, 3.05) is 27.3 Å². The highest BCUT2D eigenvalue weighted by molar-refractivity contribution is 7.89. The minimum absolute atomic E-state index is 0.139. The maximum atomic E-state index is 13.3. The van der Waals surface area contributed by atoms with Crippen molar-refractivity contribution in [2.24, 2.45) is 5.92 Å². The first-order valence-electron chi connectivity index (χ1n) is 10.4. The summed E-state index contributed by atoms with van der Waals surface area (Å²) in [6, 6.07) is 12.4. The molecule has 2 atom stereocenters. The third-order valence-corrected chi connectivity index (χ3v) is 7.55. The molecular formula is C23H30N2O5S. The van der Waals surface area contributed by atoms with Gasteiger partial charge in [0.15, 0.2) is 0 Å². The van der Waals surface area contributed by atoms with Crippen LogP contribution in [-0.4, -0.2) is 45.9 Å². The molecule has 1 heterocycles. The average molecular weight is 447 g/mol. The van der Waals surface area contributed by atoms with Gasteiger partial charge < -0.3 is 14.8 Å². The molecule has 7 nitrogen and oxygen atoms in total. The molecule has 1 amide bonds. The van der Waals surface area contributed by atoms with Crippen molar-refractivity contribution in [3.05, 3.63) is 53.6 Å². The highest BCUT2D eigenvalue weighted by Gasteiger charge is 2.35.